The molecule has 0 heterocycles. The van der Waals surface area contributed by atoms with E-state index in [0.29, 0.717) is 0 Å². The smallest absolute Gasteiger partial charge is 0.404 e. The molecule has 1 saturated carbocycles. The van der Waals surface area contributed by atoms with Gasteiger partial charge in [0, 0.05) is 11.6 Å². The fraction of sp³-hybridized carbons (Fsp3) is 0.500. The molecule has 2 rings (SSSR count). The lowest BCUT2D eigenvalue weighted by Crippen LogP contribution is -2.46. The summed E-state index contributed by atoms with van der Waals surface area (Å²) in [4.78, 5) is 10.6. The minimum absolute atomic E-state index is 0.0137. The first-order chi connectivity index (χ1) is 9.03. The van der Waals surface area contributed by atoms with E-state index in [1.807, 2.05) is 24.3 Å². The van der Waals surface area contributed by atoms with Crippen LogP contribution < -0.4 is 15.8 Å². The van der Waals surface area contributed by atoms with E-state index in [2.05, 4.69) is 5.32 Å². The van der Waals surface area contributed by atoms with Crippen LogP contribution in [0, 0.1) is 0 Å². The maximum atomic E-state index is 10.6. The van der Waals surface area contributed by atoms with E-state index in [1.165, 1.54) is 0 Å². The van der Waals surface area contributed by atoms with Gasteiger partial charge in [0.25, 0.3) is 0 Å². The van der Waals surface area contributed by atoms with Crippen LogP contribution in [0.15, 0.2) is 24.3 Å². The van der Waals surface area contributed by atoms with Crippen molar-refractivity contribution in [3.8, 4) is 5.75 Å². The summed E-state index contributed by atoms with van der Waals surface area (Å²) in [5, 5.41) is 11.3. The molecular formula is C14H20N2O3. The van der Waals surface area contributed by atoms with Crippen LogP contribution in [0.2, 0.25) is 0 Å². The number of nitrogens with one attached hydrogen (secondary N) is 1. The van der Waals surface area contributed by atoms with Crippen LogP contribution in [0.5, 0.6) is 5.75 Å². The van der Waals surface area contributed by atoms with Crippen LogP contribution in [0.25, 0.3) is 0 Å². The fourth-order valence-corrected chi connectivity index (χ4v) is 2.67. The normalized spacial score (nSPS) is 26.7. The van der Waals surface area contributed by atoms with Crippen LogP contribution in [-0.4, -0.2) is 24.4 Å². The van der Waals surface area contributed by atoms with E-state index in [0.717, 1.165) is 37.0 Å². The van der Waals surface area contributed by atoms with Crippen LogP contribution in [0.4, 0.5) is 4.79 Å². The largest absolute Gasteiger partial charge is 0.497 e. The van der Waals surface area contributed by atoms with Crippen molar-refractivity contribution in [2.75, 3.05) is 7.11 Å². The number of hydrogen-bond acceptors (Lipinski definition) is 3. The zero-order valence-electron chi connectivity index (χ0n) is 11.1. The molecule has 104 valence electrons. The molecule has 0 spiro atoms. The third-order valence-electron chi connectivity index (χ3n) is 3.85. The molecule has 0 unspecified atom stereocenters. The minimum Gasteiger partial charge on any atom is -0.497 e. The van der Waals surface area contributed by atoms with E-state index in [1.54, 1.807) is 7.11 Å². The highest BCUT2D eigenvalue weighted by Crippen LogP contribution is 2.36. The third-order valence-corrected chi connectivity index (χ3v) is 3.85. The monoisotopic (exact) mass is 264 g/mol. The Morgan fingerprint density at radius 1 is 1.47 bits per heavy atom. The zero-order chi connectivity index (χ0) is 13.9. The fourth-order valence-electron chi connectivity index (χ4n) is 2.67. The first-order valence-electron chi connectivity index (χ1n) is 6.46. The van der Waals surface area contributed by atoms with Crippen molar-refractivity contribution in [2.24, 2.45) is 5.73 Å². The molecule has 1 aliphatic carbocycles. The van der Waals surface area contributed by atoms with E-state index < -0.39 is 6.09 Å². The molecule has 0 saturated heterocycles. The molecule has 0 aromatic heterocycles. The molecular weight excluding hydrogens is 244 g/mol. The quantitative estimate of drug-likeness (QED) is 0.780. The van der Waals surface area contributed by atoms with Crippen molar-refractivity contribution in [2.45, 2.75) is 37.3 Å². The van der Waals surface area contributed by atoms with Gasteiger partial charge < -0.3 is 20.9 Å². The van der Waals surface area contributed by atoms with Gasteiger partial charge >= 0.3 is 6.09 Å². The Hall–Kier alpha value is -1.75. The highest BCUT2D eigenvalue weighted by atomic mass is 16.5. The molecule has 0 bridgehead atoms. The molecule has 1 fully saturated rings. The second-order valence-corrected chi connectivity index (χ2v) is 5.11. The van der Waals surface area contributed by atoms with E-state index in [4.69, 9.17) is 15.6 Å². The Kier molecular flexibility index (Phi) is 3.95. The SMILES string of the molecule is COc1cccc([C@]2(N)CC[C@@H](NC(=O)O)CC2)c1. The number of benzene rings is 1. The summed E-state index contributed by atoms with van der Waals surface area (Å²) in [5.74, 6) is 0.799. The molecule has 0 atom stereocenters. The number of ether oxygens (including phenoxy) is 1. The van der Waals surface area contributed by atoms with Gasteiger partial charge in [0.05, 0.1) is 7.11 Å². The van der Waals surface area contributed by atoms with Gasteiger partial charge in [-0.15, -0.1) is 0 Å². The maximum absolute atomic E-state index is 10.6. The molecule has 1 aromatic carbocycles. The van der Waals surface area contributed by atoms with Crippen molar-refractivity contribution >= 4 is 6.09 Å². The molecule has 5 heteroatoms. The lowest BCUT2D eigenvalue weighted by Gasteiger charge is -2.37. The van der Waals surface area contributed by atoms with Gasteiger partial charge in [0.1, 0.15) is 5.75 Å². The molecule has 0 aliphatic heterocycles. The second kappa shape index (κ2) is 5.48. The molecule has 4 N–H and O–H groups in total. The number of nitrogens with two attached hydrogens (primary N) is 1. The molecule has 0 radical (unpaired) electrons. The average molecular weight is 264 g/mol. The Bertz CT molecular complexity index is 454. The van der Waals surface area contributed by atoms with Gasteiger partial charge in [-0.1, -0.05) is 12.1 Å². The average Bonchev–Trinajstić information content (AvgIpc) is 2.41. The lowest BCUT2D eigenvalue weighted by molar-refractivity contribution is 0.178. The lowest BCUT2D eigenvalue weighted by atomic mass is 9.75. The number of amides is 1. The van der Waals surface area contributed by atoms with E-state index >= 15 is 0 Å². The summed E-state index contributed by atoms with van der Waals surface area (Å²) in [6.45, 7) is 0. The molecule has 19 heavy (non-hydrogen) atoms. The summed E-state index contributed by atoms with van der Waals surface area (Å²) in [7, 11) is 1.63. The Morgan fingerprint density at radius 3 is 2.74 bits per heavy atom. The van der Waals surface area contributed by atoms with Gasteiger partial charge in [-0.2, -0.15) is 0 Å². The summed E-state index contributed by atoms with van der Waals surface area (Å²) in [5.41, 5.74) is 7.14. The topological polar surface area (TPSA) is 84.6 Å². The second-order valence-electron chi connectivity index (χ2n) is 5.11. The van der Waals surface area contributed by atoms with E-state index in [-0.39, 0.29) is 11.6 Å². The predicted molar refractivity (Wildman–Crippen MR) is 72.3 cm³/mol. The first-order valence-corrected chi connectivity index (χ1v) is 6.46. The number of methoxy groups -OCH3 is 1. The van der Waals surface area contributed by atoms with Gasteiger partial charge in [-0.05, 0) is 43.4 Å². The Balaban J connectivity index is 2.06. The highest BCUT2D eigenvalue weighted by Gasteiger charge is 2.33. The van der Waals surface area contributed by atoms with Crippen molar-refractivity contribution in [1.29, 1.82) is 0 Å². The van der Waals surface area contributed by atoms with Crippen molar-refractivity contribution < 1.29 is 14.6 Å². The van der Waals surface area contributed by atoms with Gasteiger partial charge in [-0.25, -0.2) is 4.79 Å². The van der Waals surface area contributed by atoms with Gasteiger partial charge in [0.15, 0.2) is 0 Å². The van der Waals surface area contributed by atoms with Gasteiger partial charge in [-0.3, -0.25) is 0 Å². The maximum Gasteiger partial charge on any atom is 0.404 e. The van der Waals surface area contributed by atoms with Crippen LogP contribution in [-0.2, 0) is 5.54 Å². The molecule has 1 aliphatic rings. The van der Waals surface area contributed by atoms with Crippen molar-refractivity contribution in [3.63, 3.8) is 0 Å². The first kappa shape index (κ1) is 13.7. The number of hydrogen-bond donors (Lipinski definition) is 3. The summed E-state index contributed by atoms with van der Waals surface area (Å²) in [6.07, 6.45) is 2.10. The van der Waals surface area contributed by atoms with Crippen molar-refractivity contribution in [3.05, 3.63) is 29.8 Å². The van der Waals surface area contributed by atoms with Crippen LogP contribution in [0.1, 0.15) is 31.2 Å². The summed E-state index contributed by atoms with van der Waals surface area (Å²) >= 11 is 0. The highest BCUT2D eigenvalue weighted by molar-refractivity contribution is 5.64. The molecule has 5 nitrogen and oxygen atoms in total. The molecule has 1 amide bonds. The van der Waals surface area contributed by atoms with Crippen molar-refractivity contribution in [1.82, 2.24) is 5.32 Å². The van der Waals surface area contributed by atoms with E-state index in [9.17, 15) is 4.79 Å². The van der Waals surface area contributed by atoms with Crippen LogP contribution >= 0.6 is 0 Å². The van der Waals surface area contributed by atoms with Crippen LogP contribution in [0.3, 0.4) is 0 Å². The Labute approximate surface area is 112 Å². The Morgan fingerprint density at radius 2 is 2.16 bits per heavy atom. The number of carboxylic acid groups (broad SMARTS) is 1. The number of rotatable bonds is 3. The zero-order valence-corrected chi connectivity index (χ0v) is 11.1. The standard InChI is InChI=1S/C14H20N2O3/c1-19-12-4-2-3-10(9-12)14(15)7-5-11(6-8-14)16-13(17)18/h2-4,9,11,16H,5-8,15H2,1H3,(H,17,18)/t11-,14+. The number of carbonyl (C=O) groups is 1. The predicted octanol–water partition coefficient (Wildman–Crippen LogP) is 2.06. The summed E-state index contributed by atoms with van der Waals surface area (Å²) in [6, 6.07) is 7.81. The van der Waals surface area contributed by atoms with Gasteiger partial charge in [0.2, 0.25) is 0 Å². The summed E-state index contributed by atoms with van der Waals surface area (Å²) < 4.78 is 5.22. The molecule has 1 aromatic rings. The third kappa shape index (κ3) is 3.17. The minimum atomic E-state index is -0.962.